The molecule has 1 aromatic rings. The number of benzene rings is 1. The first-order chi connectivity index (χ1) is 10.1. The Morgan fingerprint density at radius 3 is 2.38 bits per heavy atom. The van der Waals surface area contributed by atoms with Crippen molar-refractivity contribution < 1.29 is 19.1 Å². The number of hydrazine groups is 1. The Morgan fingerprint density at radius 2 is 1.71 bits per heavy atom. The van der Waals surface area contributed by atoms with Gasteiger partial charge in [0.05, 0.1) is 13.0 Å². The summed E-state index contributed by atoms with van der Waals surface area (Å²) >= 11 is 0. The summed E-state index contributed by atoms with van der Waals surface area (Å²) < 4.78 is 4.64. The summed E-state index contributed by atoms with van der Waals surface area (Å²) in [6.07, 6.45) is -0.342. The van der Waals surface area contributed by atoms with Crippen molar-refractivity contribution in [2.45, 2.75) is 19.8 Å². The molecule has 0 atom stereocenters. The van der Waals surface area contributed by atoms with Crippen molar-refractivity contribution >= 4 is 17.9 Å². The highest BCUT2D eigenvalue weighted by Gasteiger charge is 2.06. The highest BCUT2D eigenvalue weighted by atomic mass is 16.5. The molecule has 0 radical (unpaired) electrons. The second-order valence-corrected chi connectivity index (χ2v) is 4.16. The number of carbonyl (C=O) groups is 3. The van der Waals surface area contributed by atoms with Crippen LogP contribution < -0.4 is 16.2 Å². The van der Waals surface area contributed by atoms with Gasteiger partial charge in [-0.3, -0.25) is 20.4 Å². The molecule has 1 aromatic carbocycles. The molecule has 0 aliphatic rings. The third-order valence-corrected chi connectivity index (χ3v) is 2.45. The molecule has 1 rings (SSSR count). The minimum absolute atomic E-state index is 0.0461. The second-order valence-electron chi connectivity index (χ2n) is 4.16. The molecule has 0 aromatic heterocycles. The molecule has 21 heavy (non-hydrogen) atoms. The smallest absolute Gasteiger partial charge is 0.407 e. The molecule has 0 spiro atoms. The van der Waals surface area contributed by atoms with Crippen molar-refractivity contribution in [3.8, 4) is 0 Å². The lowest BCUT2D eigenvalue weighted by molar-refractivity contribution is -0.128. The van der Waals surface area contributed by atoms with E-state index in [0.717, 1.165) is 5.56 Å². The number of alkyl carbamates (subject to hydrolysis) is 1. The van der Waals surface area contributed by atoms with Gasteiger partial charge < -0.3 is 10.1 Å². The fourth-order valence-electron chi connectivity index (χ4n) is 1.49. The van der Waals surface area contributed by atoms with Gasteiger partial charge in [-0.1, -0.05) is 30.3 Å². The highest BCUT2D eigenvalue weighted by molar-refractivity contribution is 5.83. The van der Waals surface area contributed by atoms with Gasteiger partial charge in [0.2, 0.25) is 11.8 Å². The van der Waals surface area contributed by atoms with Crippen molar-refractivity contribution in [2.75, 3.05) is 13.2 Å². The molecule has 3 amide bonds. The van der Waals surface area contributed by atoms with Gasteiger partial charge in [0.25, 0.3) is 0 Å². The minimum atomic E-state index is -0.571. The molecule has 0 fully saturated rings. The molecule has 0 saturated heterocycles. The fourth-order valence-corrected chi connectivity index (χ4v) is 1.49. The lowest BCUT2D eigenvalue weighted by Gasteiger charge is -2.08. The van der Waals surface area contributed by atoms with Gasteiger partial charge in [-0.05, 0) is 12.5 Å². The molecule has 7 heteroatoms. The molecule has 0 bridgehead atoms. The van der Waals surface area contributed by atoms with Gasteiger partial charge in [0, 0.05) is 13.0 Å². The predicted octanol–water partition coefficient (Wildman–Crippen LogP) is 0.513. The summed E-state index contributed by atoms with van der Waals surface area (Å²) in [6, 6.07) is 9.18. The van der Waals surface area contributed by atoms with Crippen LogP contribution in [0.25, 0.3) is 0 Å². The van der Waals surface area contributed by atoms with Gasteiger partial charge >= 0.3 is 6.09 Å². The van der Waals surface area contributed by atoms with Crippen LogP contribution in [0.15, 0.2) is 30.3 Å². The summed E-state index contributed by atoms with van der Waals surface area (Å²) in [5.74, 6) is -0.707. The number of nitrogens with one attached hydrogen (secondary N) is 3. The Kier molecular flexibility index (Phi) is 7.34. The van der Waals surface area contributed by atoms with Gasteiger partial charge in [-0.2, -0.15) is 0 Å². The molecule has 3 N–H and O–H groups in total. The van der Waals surface area contributed by atoms with E-state index in [1.807, 2.05) is 30.3 Å². The second kappa shape index (κ2) is 9.35. The lowest BCUT2D eigenvalue weighted by Crippen LogP contribution is -2.43. The first-order valence-corrected chi connectivity index (χ1v) is 6.64. The monoisotopic (exact) mass is 293 g/mol. The largest absolute Gasteiger partial charge is 0.450 e. The van der Waals surface area contributed by atoms with E-state index >= 15 is 0 Å². The van der Waals surface area contributed by atoms with E-state index in [-0.39, 0.29) is 31.9 Å². The van der Waals surface area contributed by atoms with Crippen LogP contribution in [0, 0.1) is 0 Å². The number of rotatable bonds is 6. The van der Waals surface area contributed by atoms with E-state index in [1.54, 1.807) is 6.92 Å². The first-order valence-electron chi connectivity index (χ1n) is 6.64. The van der Waals surface area contributed by atoms with Crippen LogP contribution in [0.3, 0.4) is 0 Å². The van der Waals surface area contributed by atoms with Crippen molar-refractivity contribution in [3.63, 3.8) is 0 Å². The van der Waals surface area contributed by atoms with Crippen molar-refractivity contribution in [3.05, 3.63) is 35.9 Å². The Hall–Kier alpha value is -2.57. The van der Waals surface area contributed by atoms with Gasteiger partial charge in [-0.15, -0.1) is 0 Å². The van der Waals surface area contributed by atoms with Crippen LogP contribution in [0.4, 0.5) is 4.79 Å². The summed E-state index contributed by atoms with van der Waals surface area (Å²) in [6.45, 7) is 2.10. The maximum atomic E-state index is 11.6. The molecular weight excluding hydrogens is 274 g/mol. The Labute approximate surface area is 123 Å². The summed E-state index contributed by atoms with van der Waals surface area (Å²) in [5.41, 5.74) is 5.44. The van der Waals surface area contributed by atoms with Gasteiger partial charge in [0.15, 0.2) is 0 Å². The standard InChI is InChI=1S/C14H19N3O4/c1-2-21-14(20)15-9-8-12(18)16-17-13(19)10-11-6-4-3-5-7-11/h3-7H,2,8-10H2,1H3,(H,15,20)(H,16,18)(H,17,19). The predicted molar refractivity (Wildman–Crippen MR) is 76.1 cm³/mol. The van der Waals surface area contributed by atoms with Crippen LogP contribution in [-0.4, -0.2) is 31.1 Å². The van der Waals surface area contributed by atoms with Gasteiger partial charge in [-0.25, -0.2) is 4.79 Å². The van der Waals surface area contributed by atoms with Crippen LogP contribution in [0.1, 0.15) is 18.9 Å². The molecule has 114 valence electrons. The van der Waals surface area contributed by atoms with E-state index in [2.05, 4.69) is 20.9 Å². The van der Waals surface area contributed by atoms with E-state index in [1.165, 1.54) is 0 Å². The Balaban J connectivity index is 2.15. The average molecular weight is 293 g/mol. The van der Waals surface area contributed by atoms with Crippen LogP contribution in [-0.2, 0) is 20.7 Å². The molecule has 0 aliphatic heterocycles. The topological polar surface area (TPSA) is 96.5 Å². The maximum absolute atomic E-state index is 11.6. The normalized spacial score (nSPS) is 9.57. The quantitative estimate of drug-likeness (QED) is 0.666. The molecule has 0 heterocycles. The zero-order chi connectivity index (χ0) is 15.5. The van der Waals surface area contributed by atoms with Crippen LogP contribution in [0.2, 0.25) is 0 Å². The summed E-state index contributed by atoms with van der Waals surface area (Å²) in [4.78, 5) is 33.9. The van der Waals surface area contributed by atoms with E-state index in [0.29, 0.717) is 0 Å². The summed E-state index contributed by atoms with van der Waals surface area (Å²) in [5, 5.41) is 2.41. The van der Waals surface area contributed by atoms with E-state index in [9.17, 15) is 14.4 Å². The van der Waals surface area contributed by atoms with Crippen molar-refractivity contribution in [1.29, 1.82) is 0 Å². The number of carbonyl (C=O) groups excluding carboxylic acids is 3. The summed E-state index contributed by atoms with van der Waals surface area (Å²) in [7, 11) is 0. The number of hydrogen-bond acceptors (Lipinski definition) is 4. The molecular formula is C14H19N3O4. The number of amides is 3. The molecule has 0 saturated carbocycles. The molecule has 7 nitrogen and oxygen atoms in total. The zero-order valence-corrected chi connectivity index (χ0v) is 11.8. The first kappa shape index (κ1) is 16.5. The average Bonchev–Trinajstić information content (AvgIpc) is 2.46. The maximum Gasteiger partial charge on any atom is 0.407 e. The number of hydrogen-bond donors (Lipinski definition) is 3. The van der Waals surface area contributed by atoms with Gasteiger partial charge in [0.1, 0.15) is 0 Å². The third-order valence-electron chi connectivity index (χ3n) is 2.45. The Morgan fingerprint density at radius 1 is 1.05 bits per heavy atom. The van der Waals surface area contributed by atoms with E-state index < -0.39 is 12.0 Å². The Bertz CT molecular complexity index is 476. The van der Waals surface area contributed by atoms with Crippen LogP contribution >= 0.6 is 0 Å². The minimum Gasteiger partial charge on any atom is -0.450 e. The SMILES string of the molecule is CCOC(=O)NCCC(=O)NNC(=O)Cc1ccccc1. The lowest BCUT2D eigenvalue weighted by atomic mass is 10.1. The third kappa shape index (κ3) is 7.56. The van der Waals surface area contributed by atoms with Crippen molar-refractivity contribution in [1.82, 2.24) is 16.2 Å². The molecule has 0 unspecified atom stereocenters. The fraction of sp³-hybridized carbons (Fsp3) is 0.357. The van der Waals surface area contributed by atoms with E-state index in [4.69, 9.17) is 0 Å². The van der Waals surface area contributed by atoms with Crippen molar-refractivity contribution in [2.24, 2.45) is 0 Å². The van der Waals surface area contributed by atoms with Crippen LogP contribution in [0.5, 0.6) is 0 Å². The molecule has 0 aliphatic carbocycles. The highest BCUT2D eigenvalue weighted by Crippen LogP contribution is 1.98. The zero-order valence-electron chi connectivity index (χ0n) is 11.8. The number of ether oxygens (including phenoxy) is 1.